The fraction of sp³-hybridized carbons (Fsp3) is 0.200. The van der Waals surface area contributed by atoms with E-state index in [2.05, 4.69) is 31.8 Å². The number of hydrogen-bond donors (Lipinski definition) is 2. The van der Waals surface area contributed by atoms with Crippen LogP contribution in [0.3, 0.4) is 0 Å². The Hall–Kier alpha value is -3.20. The van der Waals surface area contributed by atoms with Crippen LogP contribution in [0.15, 0.2) is 51.9 Å². The highest BCUT2D eigenvalue weighted by atomic mass is 79.9. The number of ether oxygens (including phenoxy) is 1. The highest BCUT2D eigenvalue weighted by Crippen LogP contribution is 2.15. The van der Waals surface area contributed by atoms with Crippen LogP contribution in [0.5, 0.6) is 5.75 Å². The summed E-state index contributed by atoms with van der Waals surface area (Å²) in [5.41, 5.74) is 5.25. The number of pyridine rings is 2. The number of rotatable bonds is 5. The molecule has 0 aliphatic carbocycles. The van der Waals surface area contributed by atoms with Gasteiger partial charge in [-0.05, 0) is 50.2 Å². The monoisotopic (exact) mass is 458 g/mol. The molecule has 29 heavy (non-hydrogen) atoms. The zero-order valence-corrected chi connectivity index (χ0v) is 17.4. The maximum atomic E-state index is 12.7. The van der Waals surface area contributed by atoms with Crippen molar-refractivity contribution in [2.45, 2.75) is 20.4 Å². The predicted molar refractivity (Wildman–Crippen MR) is 112 cm³/mol. The molecular weight excluding hydrogens is 440 g/mol. The Bertz CT molecular complexity index is 1130. The smallest absolute Gasteiger partial charge is 0.276 e. The van der Waals surface area contributed by atoms with Crippen molar-refractivity contribution in [3.63, 3.8) is 0 Å². The molecule has 0 saturated heterocycles. The minimum atomic E-state index is -0.711. The molecule has 0 aliphatic heterocycles. The fourth-order valence-corrected chi connectivity index (χ4v) is 2.94. The van der Waals surface area contributed by atoms with Crippen molar-refractivity contribution in [2.24, 2.45) is 0 Å². The summed E-state index contributed by atoms with van der Waals surface area (Å²) < 4.78 is 7.94. The summed E-state index contributed by atoms with van der Waals surface area (Å²) in [4.78, 5) is 41.4. The number of hydrogen-bond acceptors (Lipinski definition) is 5. The van der Waals surface area contributed by atoms with Crippen LogP contribution in [0.2, 0.25) is 0 Å². The quantitative estimate of drug-likeness (QED) is 0.571. The molecule has 2 aromatic heterocycles. The number of nitrogens with one attached hydrogen (secondary N) is 2. The van der Waals surface area contributed by atoms with Crippen LogP contribution in [0.1, 0.15) is 23.0 Å². The van der Waals surface area contributed by atoms with Gasteiger partial charge in [-0.2, -0.15) is 0 Å². The number of halogens is 1. The maximum absolute atomic E-state index is 12.7. The fourth-order valence-electron chi connectivity index (χ4n) is 2.67. The summed E-state index contributed by atoms with van der Waals surface area (Å²) in [5, 5.41) is 0.343. The van der Waals surface area contributed by atoms with E-state index in [4.69, 9.17) is 4.74 Å². The van der Waals surface area contributed by atoms with Crippen molar-refractivity contribution in [3.8, 4) is 5.75 Å². The standard InChI is InChI=1S/C20H19BrN4O4/c1-3-25-10-16(18(27)15-9-4-12(2)22-19(15)25)20(28)24-23-17(26)11-29-14-7-5-13(21)6-8-14/h4-10H,3,11H2,1-2H3,(H,23,26)(H,24,28). The first-order valence-electron chi connectivity index (χ1n) is 8.87. The summed E-state index contributed by atoms with van der Waals surface area (Å²) in [7, 11) is 0. The van der Waals surface area contributed by atoms with E-state index in [9.17, 15) is 14.4 Å². The normalized spacial score (nSPS) is 10.6. The van der Waals surface area contributed by atoms with E-state index in [1.165, 1.54) is 6.20 Å². The second-order valence-electron chi connectivity index (χ2n) is 6.23. The van der Waals surface area contributed by atoms with Crippen LogP contribution in [0, 0.1) is 6.92 Å². The second kappa shape index (κ2) is 8.87. The minimum Gasteiger partial charge on any atom is -0.484 e. The first-order valence-corrected chi connectivity index (χ1v) is 9.66. The molecule has 2 N–H and O–H groups in total. The second-order valence-corrected chi connectivity index (χ2v) is 7.14. The summed E-state index contributed by atoms with van der Waals surface area (Å²) in [6.07, 6.45) is 1.44. The van der Waals surface area contributed by atoms with E-state index in [0.29, 0.717) is 23.3 Å². The first kappa shape index (κ1) is 20.5. The number of aromatic nitrogens is 2. The van der Waals surface area contributed by atoms with E-state index < -0.39 is 17.2 Å². The number of benzene rings is 1. The summed E-state index contributed by atoms with van der Waals surface area (Å²) in [6, 6.07) is 10.3. The molecular formula is C20H19BrN4O4. The summed E-state index contributed by atoms with van der Waals surface area (Å²) in [6.45, 7) is 3.95. The lowest BCUT2D eigenvalue weighted by Gasteiger charge is -2.12. The molecule has 3 aromatic rings. The Labute approximate surface area is 175 Å². The molecule has 0 bridgehead atoms. The first-order chi connectivity index (χ1) is 13.9. The van der Waals surface area contributed by atoms with Gasteiger partial charge in [0.2, 0.25) is 5.43 Å². The van der Waals surface area contributed by atoms with Crippen LogP contribution < -0.4 is 21.0 Å². The Morgan fingerprint density at radius 2 is 1.86 bits per heavy atom. The molecule has 2 amide bonds. The Morgan fingerprint density at radius 3 is 2.55 bits per heavy atom. The highest BCUT2D eigenvalue weighted by Gasteiger charge is 2.16. The molecule has 8 nitrogen and oxygen atoms in total. The molecule has 150 valence electrons. The number of nitrogens with zero attached hydrogens (tertiary/aromatic N) is 2. The molecule has 1 aromatic carbocycles. The van der Waals surface area contributed by atoms with E-state index in [1.54, 1.807) is 41.0 Å². The lowest BCUT2D eigenvalue weighted by molar-refractivity contribution is -0.123. The van der Waals surface area contributed by atoms with Crippen molar-refractivity contribution in [1.29, 1.82) is 0 Å². The number of amides is 2. The Morgan fingerprint density at radius 1 is 1.14 bits per heavy atom. The number of hydrazine groups is 1. The van der Waals surface area contributed by atoms with E-state index in [1.807, 2.05) is 13.8 Å². The van der Waals surface area contributed by atoms with Crippen molar-refractivity contribution in [2.75, 3.05) is 6.61 Å². The molecule has 0 saturated carbocycles. The van der Waals surface area contributed by atoms with Crippen molar-refractivity contribution in [3.05, 3.63) is 68.5 Å². The maximum Gasteiger partial charge on any atom is 0.276 e. The molecule has 0 unspecified atom stereocenters. The van der Waals surface area contributed by atoms with Gasteiger partial charge in [-0.25, -0.2) is 4.98 Å². The minimum absolute atomic E-state index is 0.0841. The zero-order chi connectivity index (χ0) is 21.0. The van der Waals surface area contributed by atoms with Gasteiger partial charge in [0.05, 0.1) is 5.39 Å². The lowest BCUT2D eigenvalue weighted by atomic mass is 10.1. The molecule has 0 fully saturated rings. The predicted octanol–water partition coefficient (Wildman–Crippen LogP) is 2.33. The summed E-state index contributed by atoms with van der Waals surface area (Å²) >= 11 is 3.31. The molecule has 0 spiro atoms. The van der Waals surface area contributed by atoms with E-state index in [0.717, 1.165) is 10.2 Å². The lowest BCUT2D eigenvalue weighted by Crippen LogP contribution is -2.45. The van der Waals surface area contributed by atoms with Crippen LogP contribution in [0.25, 0.3) is 11.0 Å². The van der Waals surface area contributed by atoms with Crippen LogP contribution >= 0.6 is 15.9 Å². The number of carbonyl (C=O) groups is 2. The number of aryl methyl sites for hydroxylation is 2. The van der Waals surface area contributed by atoms with Crippen molar-refractivity contribution >= 4 is 38.8 Å². The highest BCUT2D eigenvalue weighted by molar-refractivity contribution is 9.10. The molecule has 0 atom stereocenters. The number of fused-ring (bicyclic) bond motifs is 1. The average Bonchev–Trinajstić information content (AvgIpc) is 2.71. The van der Waals surface area contributed by atoms with Gasteiger partial charge in [0.1, 0.15) is 17.0 Å². The zero-order valence-electron chi connectivity index (χ0n) is 15.9. The third-order valence-corrected chi connectivity index (χ3v) is 4.67. The van der Waals surface area contributed by atoms with Gasteiger partial charge in [-0.1, -0.05) is 15.9 Å². The van der Waals surface area contributed by atoms with E-state index in [-0.39, 0.29) is 12.2 Å². The molecule has 0 aliphatic rings. The Balaban J connectivity index is 1.68. The summed E-state index contributed by atoms with van der Waals surface area (Å²) in [5.74, 6) is -0.760. The van der Waals surface area contributed by atoms with Crippen LogP contribution in [0.4, 0.5) is 0 Å². The SMILES string of the molecule is CCn1cc(C(=O)NNC(=O)COc2ccc(Br)cc2)c(=O)c2ccc(C)nc21. The topological polar surface area (TPSA) is 102 Å². The molecule has 2 heterocycles. The van der Waals surface area contributed by atoms with Gasteiger partial charge < -0.3 is 9.30 Å². The Kier molecular flexibility index (Phi) is 6.28. The molecule has 0 radical (unpaired) electrons. The van der Waals surface area contributed by atoms with Crippen LogP contribution in [-0.2, 0) is 11.3 Å². The average molecular weight is 459 g/mol. The molecule has 9 heteroatoms. The van der Waals surface area contributed by atoms with Gasteiger partial charge in [0, 0.05) is 22.9 Å². The van der Waals surface area contributed by atoms with Crippen LogP contribution in [-0.4, -0.2) is 28.0 Å². The third-order valence-electron chi connectivity index (χ3n) is 4.14. The van der Waals surface area contributed by atoms with Crippen molar-refractivity contribution in [1.82, 2.24) is 20.4 Å². The van der Waals surface area contributed by atoms with Gasteiger partial charge in [0.25, 0.3) is 11.8 Å². The number of carbonyl (C=O) groups excluding carboxylic acids is 2. The van der Waals surface area contributed by atoms with Gasteiger partial charge in [0.15, 0.2) is 6.61 Å². The largest absolute Gasteiger partial charge is 0.484 e. The van der Waals surface area contributed by atoms with Gasteiger partial charge >= 0.3 is 0 Å². The third kappa shape index (κ3) is 4.80. The van der Waals surface area contributed by atoms with Crippen molar-refractivity contribution < 1.29 is 14.3 Å². The van der Waals surface area contributed by atoms with Gasteiger partial charge in [-0.15, -0.1) is 0 Å². The van der Waals surface area contributed by atoms with Gasteiger partial charge in [-0.3, -0.25) is 25.2 Å². The van der Waals surface area contributed by atoms with E-state index >= 15 is 0 Å². The molecule has 3 rings (SSSR count).